The van der Waals surface area contributed by atoms with Crippen molar-refractivity contribution in [2.75, 3.05) is 57.9 Å². The Morgan fingerprint density at radius 1 is 1.04 bits per heavy atom. The summed E-state index contributed by atoms with van der Waals surface area (Å²) in [7, 11) is 2.17. The highest BCUT2D eigenvalue weighted by Crippen LogP contribution is 2.28. The molecular formula is C20H40N2O2S. The van der Waals surface area contributed by atoms with Crippen LogP contribution in [0.4, 0.5) is 0 Å². The van der Waals surface area contributed by atoms with Gasteiger partial charge in [0.25, 0.3) is 0 Å². The Kier molecular flexibility index (Phi) is 9.83. The molecule has 0 radical (unpaired) electrons. The van der Waals surface area contributed by atoms with Gasteiger partial charge in [-0.25, -0.2) is 0 Å². The van der Waals surface area contributed by atoms with E-state index in [9.17, 15) is 4.79 Å². The molecule has 0 atom stereocenters. The average Bonchev–Trinajstić information content (AvgIpc) is 2.54. The third kappa shape index (κ3) is 9.30. The molecule has 0 aromatic rings. The zero-order chi connectivity index (χ0) is 18.9. The van der Waals surface area contributed by atoms with Crippen molar-refractivity contribution < 1.29 is 9.53 Å². The zero-order valence-corrected chi connectivity index (χ0v) is 18.2. The largest absolute Gasteiger partial charge is 0.465 e. The lowest BCUT2D eigenvalue weighted by Crippen LogP contribution is -2.45. The summed E-state index contributed by atoms with van der Waals surface area (Å²) in [5.41, 5.74) is -0.155. The van der Waals surface area contributed by atoms with E-state index in [1.807, 2.05) is 25.6 Å². The molecule has 1 fully saturated rings. The van der Waals surface area contributed by atoms with Crippen molar-refractivity contribution >= 4 is 17.7 Å². The van der Waals surface area contributed by atoms with Crippen LogP contribution in [0.3, 0.4) is 0 Å². The predicted octanol–water partition coefficient (Wildman–Crippen LogP) is 3.75. The molecule has 0 saturated carbocycles. The summed E-state index contributed by atoms with van der Waals surface area (Å²) in [6, 6.07) is 0. The van der Waals surface area contributed by atoms with E-state index in [2.05, 4.69) is 37.6 Å². The molecular weight excluding hydrogens is 332 g/mol. The van der Waals surface area contributed by atoms with Gasteiger partial charge in [0.2, 0.25) is 0 Å². The molecule has 1 aliphatic rings. The lowest BCUT2D eigenvalue weighted by Gasteiger charge is -2.34. The molecule has 0 aromatic carbocycles. The number of carbonyl (C=O) groups excluding carboxylic acids is 1. The maximum absolute atomic E-state index is 12.5. The second-order valence-corrected chi connectivity index (χ2v) is 10.2. The lowest BCUT2D eigenvalue weighted by molar-refractivity contribution is -0.155. The van der Waals surface area contributed by atoms with Crippen molar-refractivity contribution in [2.45, 2.75) is 53.9 Å². The number of piperazine rings is 1. The van der Waals surface area contributed by atoms with Crippen LogP contribution in [0.1, 0.15) is 53.9 Å². The van der Waals surface area contributed by atoms with Crippen LogP contribution in [0.25, 0.3) is 0 Å². The molecule has 0 unspecified atom stereocenters. The summed E-state index contributed by atoms with van der Waals surface area (Å²) >= 11 is 1.98. The van der Waals surface area contributed by atoms with E-state index in [0.29, 0.717) is 6.61 Å². The Balaban J connectivity index is 2.27. The van der Waals surface area contributed by atoms with Gasteiger partial charge in [-0.1, -0.05) is 20.8 Å². The molecule has 1 rings (SSSR count). The normalized spacial score (nSPS) is 17.7. The minimum Gasteiger partial charge on any atom is -0.465 e. The summed E-state index contributed by atoms with van der Waals surface area (Å²) in [4.78, 5) is 17.3. The number of ether oxygens (including phenoxy) is 1. The van der Waals surface area contributed by atoms with Crippen LogP contribution >= 0.6 is 11.8 Å². The molecule has 0 N–H and O–H groups in total. The first kappa shape index (κ1) is 22.8. The van der Waals surface area contributed by atoms with Crippen molar-refractivity contribution in [3.05, 3.63) is 0 Å². The van der Waals surface area contributed by atoms with E-state index in [1.165, 1.54) is 17.9 Å². The summed E-state index contributed by atoms with van der Waals surface area (Å²) in [6.07, 6.45) is 2.99. The van der Waals surface area contributed by atoms with Crippen molar-refractivity contribution in [2.24, 2.45) is 10.8 Å². The molecule has 0 aromatic heterocycles. The first-order chi connectivity index (χ1) is 11.7. The van der Waals surface area contributed by atoms with Gasteiger partial charge in [-0.05, 0) is 63.6 Å². The number of hydrogen-bond donors (Lipinski definition) is 0. The molecule has 1 heterocycles. The van der Waals surface area contributed by atoms with Crippen LogP contribution in [-0.4, -0.2) is 73.7 Å². The van der Waals surface area contributed by atoms with E-state index < -0.39 is 5.41 Å². The van der Waals surface area contributed by atoms with Gasteiger partial charge in [-0.15, -0.1) is 0 Å². The van der Waals surface area contributed by atoms with E-state index >= 15 is 0 Å². The summed E-state index contributed by atoms with van der Waals surface area (Å²) < 4.78 is 5.63. The second-order valence-electron chi connectivity index (χ2n) is 8.78. The molecule has 5 heteroatoms. The van der Waals surface area contributed by atoms with Crippen molar-refractivity contribution in [3.63, 3.8) is 0 Å². The van der Waals surface area contributed by atoms with Gasteiger partial charge in [0.1, 0.15) is 0 Å². The molecule has 1 saturated heterocycles. The Bertz CT molecular complexity index is 391. The maximum Gasteiger partial charge on any atom is 0.311 e. The van der Waals surface area contributed by atoms with Crippen molar-refractivity contribution in [1.29, 1.82) is 0 Å². The van der Waals surface area contributed by atoms with Gasteiger partial charge in [0.15, 0.2) is 0 Å². The fourth-order valence-corrected chi connectivity index (χ4v) is 3.83. The number of rotatable bonds is 11. The van der Waals surface area contributed by atoms with Crippen LogP contribution < -0.4 is 0 Å². The van der Waals surface area contributed by atoms with E-state index in [4.69, 9.17) is 4.74 Å². The van der Waals surface area contributed by atoms with Crippen LogP contribution in [-0.2, 0) is 9.53 Å². The van der Waals surface area contributed by atoms with Gasteiger partial charge in [-0.3, -0.25) is 4.79 Å². The maximum atomic E-state index is 12.5. The Hall–Kier alpha value is -0.260. The number of carbonyl (C=O) groups is 1. The predicted molar refractivity (Wildman–Crippen MR) is 109 cm³/mol. The third-order valence-electron chi connectivity index (χ3n) is 5.34. The molecule has 4 nitrogen and oxygen atoms in total. The monoisotopic (exact) mass is 372 g/mol. The first-order valence-corrected chi connectivity index (χ1v) is 11.0. The van der Waals surface area contributed by atoms with E-state index in [-0.39, 0.29) is 11.4 Å². The van der Waals surface area contributed by atoms with Gasteiger partial charge < -0.3 is 14.5 Å². The number of thioether (sulfide) groups is 1. The fourth-order valence-electron chi connectivity index (χ4n) is 2.84. The smallest absolute Gasteiger partial charge is 0.311 e. The highest BCUT2D eigenvalue weighted by Gasteiger charge is 2.30. The van der Waals surface area contributed by atoms with Crippen molar-refractivity contribution in [1.82, 2.24) is 9.80 Å². The van der Waals surface area contributed by atoms with Crippen molar-refractivity contribution in [3.8, 4) is 0 Å². The lowest BCUT2D eigenvalue weighted by atomic mass is 9.86. The highest BCUT2D eigenvalue weighted by atomic mass is 32.2. The van der Waals surface area contributed by atoms with Crippen LogP contribution in [0, 0.1) is 10.8 Å². The molecule has 25 heavy (non-hydrogen) atoms. The average molecular weight is 373 g/mol. The molecule has 148 valence electrons. The van der Waals surface area contributed by atoms with Gasteiger partial charge in [-0.2, -0.15) is 11.8 Å². The standard InChI is InChI=1S/C20H40N2O2S/c1-7-25-17-10-19(2,3)9-16-24-18(23)20(4,5)8-11-22-14-12-21(6)13-15-22/h7-17H2,1-6H3. The van der Waals surface area contributed by atoms with Gasteiger partial charge in [0.05, 0.1) is 12.0 Å². The summed E-state index contributed by atoms with van der Waals surface area (Å²) in [5.74, 6) is 2.32. The molecule has 0 spiro atoms. The molecule has 0 aliphatic carbocycles. The Morgan fingerprint density at radius 2 is 1.68 bits per heavy atom. The van der Waals surface area contributed by atoms with Gasteiger partial charge >= 0.3 is 5.97 Å². The Labute approximate surface area is 160 Å². The quantitative estimate of drug-likeness (QED) is 0.407. The van der Waals surface area contributed by atoms with Crippen LogP contribution in [0.5, 0.6) is 0 Å². The molecule has 0 amide bonds. The van der Waals surface area contributed by atoms with Crippen LogP contribution in [0.15, 0.2) is 0 Å². The highest BCUT2D eigenvalue weighted by molar-refractivity contribution is 7.99. The summed E-state index contributed by atoms with van der Waals surface area (Å²) in [6.45, 7) is 16.8. The molecule has 0 bridgehead atoms. The fraction of sp³-hybridized carbons (Fsp3) is 0.950. The third-order valence-corrected chi connectivity index (χ3v) is 6.24. The zero-order valence-electron chi connectivity index (χ0n) is 17.4. The van der Waals surface area contributed by atoms with Crippen LogP contribution in [0.2, 0.25) is 0 Å². The minimum atomic E-state index is -0.397. The topological polar surface area (TPSA) is 32.8 Å². The van der Waals surface area contributed by atoms with Gasteiger partial charge in [0, 0.05) is 26.2 Å². The number of nitrogens with zero attached hydrogens (tertiary/aromatic N) is 2. The molecule has 1 aliphatic heterocycles. The SMILES string of the molecule is CCSCCC(C)(C)CCOC(=O)C(C)(C)CCN1CCN(C)CC1. The second kappa shape index (κ2) is 10.8. The number of esters is 1. The first-order valence-electron chi connectivity index (χ1n) is 9.82. The minimum absolute atomic E-state index is 0.0413. The summed E-state index contributed by atoms with van der Waals surface area (Å²) in [5, 5.41) is 0. The number of likely N-dealkylation sites (N-methyl/N-ethyl adjacent to an activating group) is 1. The number of hydrogen-bond acceptors (Lipinski definition) is 5. The van der Waals surface area contributed by atoms with E-state index in [1.54, 1.807) is 0 Å². The van der Waals surface area contributed by atoms with E-state index in [0.717, 1.165) is 45.6 Å². The Morgan fingerprint density at radius 3 is 2.28 bits per heavy atom.